The first kappa shape index (κ1) is 11.8. The fourth-order valence-corrected chi connectivity index (χ4v) is 2.94. The zero-order valence-corrected chi connectivity index (χ0v) is 10.8. The van der Waals surface area contributed by atoms with Gasteiger partial charge >= 0.3 is 0 Å². The number of halogens is 1. The van der Waals surface area contributed by atoms with Crippen LogP contribution in [0.25, 0.3) is 0 Å². The van der Waals surface area contributed by atoms with Crippen molar-refractivity contribution in [3.8, 4) is 5.88 Å². The van der Waals surface area contributed by atoms with Gasteiger partial charge in [0.05, 0.1) is 5.69 Å². The smallest absolute Gasteiger partial charge is 0.230 e. The highest BCUT2D eigenvalue weighted by Crippen LogP contribution is 2.40. The maximum atomic E-state index is 9.14. The van der Waals surface area contributed by atoms with Crippen LogP contribution in [0.4, 0.5) is 0 Å². The molecule has 3 rings (SSSR count). The fraction of sp³-hybridized carbons (Fsp3) is 0.636. The van der Waals surface area contributed by atoms with Gasteiger partial charge < -0.3 is 10.0 Å². The van der Waals surface area contributed by atoms with Crippen molar-refractivity contribution in [1.29, 1.82) is 0 Å². The number of fused-ring (bicyclic) bond motifs is 2. The Bertz CT molecular complexity index is 366. The Morgan fingerprint density at radius 1 is 1.19 bits per heavy atom. The van der Waals surface area contributed by atoms with E-state index in [0.29, 0.717) is 0 Å². The van der Waals surface area contributed by atoms with Gasteiger partial charge in [-0.25, -0.2) is 0 Å². The highest BCUT2D eigenvalue weighted by Gasteiger charge is 2.43. The van der Waals surface area contributed by atoms with E-state index in [1.54, 1.807) is 6.07 Å². The Morgan fingerprint density at radius 2 is 2.06 bits per heavy atom. The van der Waals surface area contributed by atoms with Gasteiger partial charge in [0.2, 0.25) is 5.88 Å². The third-order valence-corrected chi connectivity index (χ3v) is 3.76. The van der Waals surface area contributed by atoms with Gasteiger partial charge in [-0.3, -0.25) is 0 Å². The van der Waals surface area contributed by atoms with Crippen LogP contribution >= 0.6 is 17.0 Å². The van der Waals surface area contributed by atoms with E-state index in [1.807, 2.05) is 6.07 Å². The van der Waals surface area contributed by atoms with E-state index >= 15 is 0 Å². The van der Waals surface area contributed by atoms with Gasteiger partial charge in [-0.1, -0.05) is 0 Å². The van der Waals surface area contributed by atoms with Crippen LogP contribution in [0.5, 0.6) is 5.88 Å². The third kappa shape index (κ3) is 1.82. The molecule has 1 N–H and O–H groups in total. The molecule has 4 nitrogen and oxygen atoms in total. The van der Waals surface area contributed by atoms with Crippen LogP contribution in [-0.2, 0) is 5.41 Å². The standard InChI is InChI=1S/C11H15N3O.BrH/c15-10-3-2-9(12-13-10)11-4-1-6-14(8-11)7-5-11;/h2-3H,1,4-8H2,(H,13,15);1H. The zero-order chi connectivity index (χ0) is 10.3. The molecule has 2 fully saturated rings. The molecule has 2 aliphatic heterocycles. The Kier molecular flexibility index (Phi) is 3.17. The van der Waals surface area contributed by atoms with Gasteiger partial charge in [-0.05, 0) is 38.4 Å². The Hall–Kier alpha value is -0.680. The SMILES string of the molecule is Br.Oc1ccc(C23CCCN(CC2)C3)nn1. The lowest BCUT2D eigenvalue weighted by Crippen LogP contribution is -2.37. The zero-order valence-electron chi connectivity index (χ0n) is 9.09. The third-order valence-electron chi connectivity index (χ3n) is 3.76. The molecule has 2 aliphatic rings. The Balaban J connectivity index is 0.000000963. The molecule has 0 amide bonds. The summed E-state index contributed by atoms with van der Waals surface area (Å²) in [4.78, 5) is 2.50. The van der Waals surface area contributed by atoms with E-state index in [1.165, 1.54) is 32.4 Å². The maximum absolute atomic E-state index is 9.14. The summed E-state index contributed by atoms with van der Waals surface area (Å²) in [5, 5.41) is 17.0. The summed E-state index contributed by atoms with van der Waals surface area (Å²) in [5.74, 6) is 0.0146. The van der Waals surface area contributed by atoms with Crippen LogP contribution < -0.4 is 0 Å². The highest BCUT2D eigenvalue weighted by atomic mass is 79.9. The van der Waals surface area contributed by atoms with Crippen LogP contribution in [0.3, 0.4) is 0 Å². The molecule has 0 radical (unpaired) electrons. The fourth-order valence-electron chi connectivity index (χ4n) is 2.94. The minimum absolute atomic E-state index is 0. The van der Waals surface area contributed by atoms with Crippen LogP contribution in [0.1, 0.15) is 25.0 Å². The van der Waals surface area contributed by atoms with Crippen LogP contribution in [0, 0.1) is 0 Å². The molecule has 0 saturated carbocycles. The first-order chi connectivity index (χ1) is 7.28. The highest BCUT2D eigenvalue weighted by molar-refractivity contribution is 8.93. The van der Waals surface area contributed by atoms with Crippen LogP contribution in [-0.4, -0.2) is 39.8 Å². The Morgan fingerprint density at radius 3 is 2.81 bits per heavy atom. The van der Waals surface area contributed by atoms with Crippen molar-refractivity contribution in [3.63, 3.8) is 0 Å². The molecular weight excluding hydrogens is 270 g/mol. The van der Waals surface area contributed by atoms with Crippen molar-refractivity contribution < 1.29 is 5.11 Å². The number of piperidine rings is 1. The van der Waals surface area contributed by atoms with E-state index in [4.69, 9.17) is 5.11 Å². The largest absolute Gasteiger partial charge is 0.492 e. The molecule has 2 saturated heterocycles. The van der Waals surface area contributed by atoms with Crippen molar-refractivity contribution in [2.24, 2.45) is 0 Å². The first-order valence-corrected chi connectivity index (χ1v) is 5.54. The van der Waals surface area contributed by atoms with E-state index in [9.17, 15) is 0 Å². The monoisotopic (exact) mass is 285 g/mol. The molecule has 0 spiro atoms. The summed E-state index contributed by atoms with van der Waals surface area (Å²) in [7, 11) is 0. The van der Waals surface area contributed by atoms with Gasteiger partial charge in [-0.15, -0.1) is 22.1 Å². The summed E-state index contributed by atoms with van der Waals surface area (Å²) < 4.78 is 0. The summed E-state index contributed by atoms with van der Waals surface area (Å²) in [6, 6.07) is 3.57. The normalized spacial score (nSPS) is 32.1. The average molecular weight is 286 g/mol. The number of hydrogen-bond acceptors (Lipinski definition) is 4. The van der Waals surface area contributed by atoms with Gasteiger partial charge in [0.25, 0.3) is 0 Å². The number of aromatic hydroxyl groups is 1. The second-order valence-corrected chi connectivity index (χ2v) is 4.69. The minimum atomic E-state index is 0. The van der Waals surface area contributed by atoms with E-state index < -0.39 is 0 Å². The van der Waals surface area contributed by atoms with Crippen molar-refractivity contribution in [1.82, 2.24) is 15.1 Å². The first-order valence-electron chi connectivity index (χ1n) is 5.54. The van der Waals surface area contributed by atoms with Crippen molar-refractivity contribution in [2.45, 2.75) is 24.7 Å². The summed E-state index contributed by atoms with van der Waals surface area (Å²) in [5.41, 5.74) is 1.28. The van der Waals surface area contributed by atoms with Gasteiger partial charge in [0, 0.05) is 18.0 Å². The van der Waals surface area contributed by atoms with E-state index in [-0.39, 0.29) is 28.3 Å². The maximum Gasteiger partial charge on any atom is 0.230 e. The summed E-state index contributed by atoms with van der Waals surface area (Å²) in [6.45, 7) is 3.53. The second-order valence-electron chi connectivity index (χ2n) is 4.69. The molecule has 2 unspecified atom stereocenters. The van der Waals surface area contributed by atoms with Crippen LogP contribution in [0.2, 0.25) is 0 Å². The topological polar surface area (TPSA) is 49.2 Å². The molecule has 16 heavy (non-hydrogen) atoms. The van der Waals surface area contributed by atoms with Gasteiger partial charge in [0.15, 0.2) is 0 Å². The number of hydrogen-bond donors (Lipinski definition) is 1. The molecule has 1 aromatic rings. The van der Waals surface area contributed by atoms with Gasteiger partial charge in [-0.2, -0.15) is 5.10 Å². The molecule has 5 heteroatoms. The molecule has 2 atom stereocenters. The number of nitrogens with zero attached hydrogens (tertiary/aromatic N) is 3. The van der Waals surface area contributed by atoms with E-state index in [0.717, 1.165) is 12.2 Å². The van der Waals surface area contributed by atoms with Crippen LogP contribution in [0.15, 0.2) is 12.1 Å². The number of rotatable bonds is 1. The predicted molar refractivity (Wildman–Crippen MR) is 66.0 cm³/mol. The van der Waals surface area contributed by atoms with Crippen molar-refractivity contribution in [3.05, 3.63) is 17.8 Å². The van der Waals surface area contributed by atoms with Crippen molar-refractivity contribution >= 4 is 17.0 Å². The Labute approximate surface area is 105 Å². The van der Waals surface area contributed by atoms with E-state index in [2.05, 4.69) is 15.1 Å². The molecule has 88 valence electrons. The summed E-state index contributed by atoms with van der Waals surface area (Å²) >= 11 is 0. The number of aromatic nitrogens is 2. The minimum Gasteiger partial charge on any atom is -0.492 e. The quantitative estimate of drug-likeness (QED) is 0.850. The van der Waals surface area contributed by atoms with Crippen molar-refractivity contribution in [2.75, 3.05) is 19.6 Å². The lowest BCUT2D eigenvalue weighted by atomic mass is 9.78. The predicted octanol–water partition coefficient (Wildman–Crippen LogP) is 1.50. The summed E-state index contributed by atoms with van der Waals surface area (Å²) in [6.07, 6.45) is 3.65. The lowest BCUT2D eigenvalue weighted by molar-refractivity contribution is 0.238. The molecular formula is C11H16BrN3O. The molecule has 0 aromatic carbocycles. The molecule has 3 heterocycles. The second kappa shape index (κ2) is 4.30. The average Bonchev–Trinajstić information content (AvgIpc) is 2.56. The lowest BCUT2D eigenvalue weighted by Gasteiger charge is -2.32. The molecule has 0 aliphatic carbocycles. The van der Waals surface area contributed by atoms with Gasteiger partial charge in [0.1, 0.15) is 0 Å². The molecule has 1 aromatic heterocycles. The molecule has 2 bridgehead atoms.